The van der Waals surface area contributed by atoms with Crippen LogP contribution in [0, 0.1) is 18.3 Å². The van der Waals surface area contributed by atoms with E-state index in [0.717, 1.165) is 25.4 Å². The van der Waals surface area contributed by atoms with Crippen molar-refractivity contribution in [2.75, 3.05) is 19.6 Å². The Balaban J connectivity index is 2.30. The minimum Gasteiger partial charge on any atom is -0.376 e. The third-order valence-electron chi connectivity index (χ3n) is 2.62. The molecule has 0 aliphatic carbocycles. The van der Waals surface area contributed by atoms with E-state index < -0.39 is 5.60 Å². The minimum atomic E-state index is -0.850. The van der Waals surface area contributed by atoms with Crippen LogP contribution in [0.4, 0.5) is 0 Å². The van der Waals surface area contributed by atoms with E-state index in [1.54, 1.807) is 0 Å². The molecule has 0 radical (unpaired) electrons. The van der Waals surface area contributed by atoms with Gasteiger partial charge in [-0.25, -0.2) is 0 Å². The normalized spacial score (nSPS) is 29.5. The summed E-state index contributed by atoms with van der Waals surface area (Å²) < 4.78 is 0. The molecule has 2 heteroatoms. The lowest BCUT2D eigenvalue weighted by atomic mass is 10.1. The average Bonchev–Trinajstić information content (AvgIpc) is 2.45. The van der Waals surface area contributed by atoms with Crippen molar-refractivity contribution in [1.29, 1.82) is 0 Å². The molecule has 1 aliphatic heterocycles. The van der Waals surface area contributed by atoms with Crippen LogP contribution in [0.3, 0.4) is 0 Å². The van der Waals surface area contributed by atoms with Gasteiger partial charge in [-0.2, -0.15) is 0 Å². The molecule has 1 heterocycles. The second-order valence-electron chi connectivity index (χ2n) is 4.38. The summed E-state index contributed by atoms with van der Waals surface area (Å²) in [7, 11) is 0. The van der Waals surface area contributed by atoms with Crippen molar-refractivity contribution >= 4 is 0 Å². The Morgan fingerprint density at radius 2 is 2.31 bits per heavy atom. The van der Waals surface area contributed by atoms with E-state index in [4.69, 9.17) is 6.42 Å². The number of hydrogen-bond acceptors (Lipinski definition) is 2. The molecule has 1 fully saturated rings. The van der Waals surface area contributed by atoms with Gasteiger partial charge in [-0.15, -0.1) is 6.42 Å². The Morgan fingerprint density at radius 3 is 2.77 bits per heavy atom. The van der Waals surface area contributed by atoms with E-state index in [0.29, 0.717) is 6.54 Å². The van der Waals surface area contributed by atoms with Crippen LogP contribution in [-0.2, 0) is 0 Å². The lowest BCUT2D eigenvalue weighted by Gasteiger charge is -2.18. The molecule has 2 nitrogen and oxygen atoms in total. The van der Waals surface area contributed by atoms with Gasteiger partial charge in [0.15, 0.2) is 0 Å². The molecule has 0 amide bonds. The lowest BCUT2D eigenvalue weighted by Crippen LogP contribution is -2.32. The molecule has 74 valence electrons. The van der Waals surface area contributed by atoms with Crippen LogP contribution >= 0.6 is 0 Å². The summed E-state index contributed by atoms with van der Waals surface area (Å²) in [4.78, 5) is 2.25. The van der Waals surface area contributed by atoms with Gasteiger partial charge in [0.05, 0.1) is 0 Å². The van der Waals surface area contributed by atoms with Crippen molar-refractivity contribution in [3.8, 4) is 12.3 Å². The van der Waals surface area contributed by atoms with Gasteiger partial charge < -0.3 is 5.11 Å². The highest BCUT2D eigenvalue weighted by atomic mass is 16.3. The highest BCUT2D eigenvalue weighted by molar-refractivity contribution is 5.11. The van der Waals surface area contributed by atoms with Crippen LogP contribution in [0.2, 0.25) is 0 Å². The monoisotopic (exact) mass is 181 g/mol. The molecule has 1 N–H and O–H groups in total. The summed E-state index contributed by atoms with van der Waals surface area (Å²) in [5, 5.41) is 9.76. The SMILES string of the molecule is C#CC1(O)CCN(CCC(C)C)C1. The van der Waals surface area contributed by atoms with Gasteiger partial charge in [-0.3, -0.25) is 4.90 Å². The van der Waals surface area contributed by atoms with E-state index in [1.165, 1.54) is 6.42 Å². The molecule has 0 aromatic carbocycles. The highest BCUT2D eigenvalue weighted by Crippen LogP contribution is 2.20. The molecule has 0 bridgehead atoms. The molecule has 0 aromatic rings. The maximum absolute atomic E-state index is 9.76. The smallest absolute Gasteiger partial charge is 0.139 e. The van der Waals surface area contributed by atoms with Crippen molar-refractivity contribution < 1.29 is 5.11 Å². The van der Waals surface area contributed by atoms with Gasteiger partial charge in [-0.1, -0.05) is 19.8 Å². The molecule has 1 rings (SSSR count). The molecule has 0 saturated carbocycles. The molecule has 1 saturated heterocycles. The second-order valence-corrected chi connectivity index (χ2v) is 4.38. The quantitative estimate of drug-likeness (QED) is 0.659. The molecule has 1 atom stereocenters. The van der Waals surface area contributed by atoms with Gasteiger partial charge in [-0.05, 0) is 18.9 Å². The topological polar surface area (TPSA) is 23.5 Å². The first-order valence-electron chi connectivity index (χ1n) is 4.98. The summed E-state index contributed by atoms with van der Waals surface area (Å²) in [5.41, 5.74) is -0.850. The van der Waals surface area contributed by atoms with E-state index in [-0.39, 0.29) is 0 Å². The highest BCUT2D eigenvalue weighted by Gasteiger charge is 2.33. The van der Waals surface area contributed by atoms with E-state index in [1.807, 2.05) is 0 Å². The van der Waals surface area contributed by atoms with Gasteiger partial charge >= 0.3 is 0 Å². The first kappa shape index (κ1) is 10.6. The number of rotatable bonds is 3. The van der Waals surface area contributed by atoms with Gasteiger partial charge in [0, 0.05) is 19.5 Å². The fourth-order valence-corrected chi connectivity index (χ4v) is 1.62. The van der Waals surface area contributed by atoms with Crippen LogP contribution in [0.1, 0.15) is 26.7 Å². The maximum atomic E-state index is 9.76. The zero-order chi connectivity index (χ0) is 9.90. The van der Waals surface area contributed by atoms with Crippen LogP contribution in [0.25, 0.3) is 0 Å². The summed E-state index contributed by atoms with van der Waals surface area (Å²) in [5.74, 6) is 3.19. The Morgan fingerprint density at radius 1 is 1.62 bits per heavy atom. The zero-order valence-electron chi connectivity index (χ0n) is 8.58. The number of likely N-dealkylation sites (tertiary alicyclic amines) is 1. The Labute approximate surface area is 80.9 Å². The van der Waals surface area contributed by atoms with Gasteiger partial charge in [0.25, 0.3) is 0 Å². The number of terminal acetylenes is 1. The summed E-state index contributed by atoms with van der Waals surface area (Å²) >= 11 is 0. The standard InChI is InChI=1S/C11H19NO/c1-4-11(13)6-8-12(9-11)7-5-10(2)3/h1,10,13H,5-9H2,2-3H3. The summed E-state index contributed by atoms with van der Waals surface area (Å²) in [6.45, 7) is 7.07. The molecule has 1 aliphatic rings. The summed E-state index contributed by atoms with van der Waals surface area (Å²) in [6, 6.07) is 0. The fraction of sp³-hybridized carbons (Fsp3) is 0.818. The Bertz CT molecular complexity index is 207. The number of hydrogen-bond donors (Lipinski definition) is 1. The zero-order valence-corrected chi connectivity index (χ0v) is 8.58. The molecular formula is C11H19NO. The van der Waals surface area contributed by atoms with E-state index in [2.05, 4.69) is 24.7 Å². The average molecular weight is 181 g/mol. The maximum Gasteiger partial charge on any atom is 0.139 e. The fourth-order valence-electron chi connectivity index (χ4n) is 1.62. The Hall–Kier alpha value is -0.520. The van der Waals surface area contributed by atoms with Gasteiger partial charge in [0.1, 0.15) is 5.60 Å². The van der Waals surface area contributed by atoms with Crippen molar-refractivity contribution in [3.05, 3.63) is 0 Å². The van der Waals surface area contributed by atoms with E-state index >= 15 is 0 Å². The van der Waals surface area contributed by atoms with E-state index in [9.17, 15) is 5.11 Å². The Kier molecular flexibility index (Phi) is 3.35. The first-order chi connectivity index (χ1) is 6.06. The van der Waals surface area contributed by atoms with Crippen LogP contribution < -0.4 is 0 Å². The van der Waals surface area contributed by atoms with Crippen LogP contribution in [0.5, 0.6) is 0 Å². The predicted octanol–water partition coefficient (Wildman–Crippen LogP) is 1.10. The largest absolute Gasteiger partial charge is 0.376 e. The third kappa shape index (κ3) is 3.02. The third-order valence-corrected chi connectivity index (χ3v) is 2.62. The molecule has 0 aromatic heterocycles. The molecule has 13 heavy (non-hydrogen) atoms. The lowest BCUT2D eigenvalue weighted by molar-refractivity contribution is 0.108. The van der Waals surface area contributed by atoms with Crippen molar-refractivity contribution in [2.45, 2.75) is 32.3 Å². The number of nitrogens with zero attached hydrogens (tertiary/aromatic N) is 1. The van der Waals surface area contributed by atoms with Crippen LogP contribution in [0.15, 0.2) is 0 Å². The molecule has 0 spiro atoms. The van der Waals surface area contributed by atoms with Crippen molar-refractivity contribution in [3.63, 3.8) is 0 Å². The summed E-state index contributed by atoms with van der Waals surface area (Å²) in [6.07, 6.45) is 7.16. The molecule has 1 unspecified atom stereocenters. The van der Waals surface area contributed by atoms with Gasteiger partial charge in [0.2, 0.25) is 0 Å². The van der Waals surface area contributed by atoms with Crippen LogP contribution in [-0.4, -0.2) is 35.2 Å². The molecular weight excluding hydrogens is 162 g/mol. The predicted molar refractivity (Wildman–Crippen MR) is 54.3 cm³/mol. The number of aliphatic hydroxyl groups is 1. The minimum absolute atomic E-state index is 0.649. The van der Waals surface area contributed by atoms with Crippen molar-refractivity contribution in [2.24, 2.45) is 5.92 Å². The van der Waals surface area contributed by atoms with Crippen molar-refractivity contribution in [1.82, 2.24) is 4.90 Å². The number of β-amino-alcohol motifs (C(OH)–C–C–N with tert-alkyl or cyclic N) is 1. The first-order valence-corrected chi connectivity index (χ1v) is 4.98. The second kappa shape index (κ2) is 4.13.